The van der Waals surface area contributed by atoms with Crippen molar-refractivity contribution >= 4 is 23.5 Å². The molecule has 0 unspecified atom stereocenters. The summed E-state index contributed by atoms with van der Waals surface area (Å²) >= 11 is 5.80. The van der Waals surface area contributed by atoms with Crippen LogP contribution in [0.3, 0.4) is 0 Å². The quantitative estimate of drug-likeness (QED) is 0.743. The largest absolute Gasteiger partial charge is 0.389 e. The summed E-state index contributed by atoms with van der Waals surface area (Å²) < 4.78 is 5.42. The summed E-state index contributed by atoms with van der Waals surface area (Å²) in [6, 6.07) is 6.71. The molecule has 0 radical (unpaired) electrons. The lowest BCUT2D eigenvalue weighted by Gasteiger charge is -2.21. The highest BCUT2D eigenvalue weighted by Crippen LogP contribution is 2.21. The summed E-state index contributed by atoms with van der Waals surface area (Å²) in [5.41, 5.74) is 0.0381. The number of aliphatic hydroxyl groups excluding tert-OH is 1. The molecule has 2 rings (SSSR count). The maximum Gasteiger partial charge on any atom is 0.325 e. The number of urea groups is 1. The van der Waals surface area contributed by atoms with Crippen molar-refractivity contribution in [1.82, 2.24) is 10.2 Å². The Labute approximate surface area is 140 Å². The van der Waals surface area contributed by atoms with Gasteiger partial charge in [0.05, 0.1) is 25.9 Å². The van der Waals surface area contributed by atoms with Gasteiger partial charge >= 0.3 is 6.03 Å². The predicted molar refractivity (Wildman–Crippen MR) is 86.1 cm³/mol. The topological polar surface area (TPSA) is 78.9 Å². The number of rotatable bonds is 7. The molecular weight excluding hydrogens is 320 g/mol. The van der Waals surface area contributed by atoms with Crippen LogP contribution in [-0.2, 0) is 16.1 Å². The minimum Gasteiger partial charge on any atom is -0.389 e. The molecule has 1 aliphatic rings. The van der Waals surface area contributed by atoms with Crippen molar-refractivity contribution in [3.63, 3.8) is 0 Å². The Kier molecular flexibility index (Phi) is 5.62. The van der Waals surface area contributed by atoms with E-state index in [0.717, 1.165) is 10.5 Å². The van der Waals surface area contributed by atoms with Gasteiger partial charge in [-0.05, 0) is 31.0 Å². The molecule has 0 spiro atoms. The smallest absolute Gasteiger partial charge is 0.325 e. The molecule has 0 aromatic heterocycles. The molecule has 6 nitrogen and oxygen atoms in total. The number of nitrogens with one attached hydrogen (secondary N) is 1. The average molecular weight is 341 g/mol. The third kappa shape index (κ3) is 4.22. The Bertz CT molecular complexity index is 578. The lowest BCUT2D eigenvalue weighted by Crippen LogP contribution is -2.44. The summed E-state index contributed by atoms with van der Waals surface area (Å²) in [4.78, 5) is 25.1. The third-order valence-corrected chi connectivity index (χ3v) is 4.19. The van der Waals surface area contributed by atoms with E-state index in [9.17, 15) is 14.7 Å². The fourth-order valence-electron chi connectivity index (χ4n) is 2.31. The van der Waals surface area contributed by atoms with Crippen LogP contribution in [0.25, 0.3) is 0 Å². The first-order chi connectivity index (χ1) is 10.9. The number of carbonyl (C=O) groups is 2. The normalized spacial score (nSPS) is 22.3. The highest BCUT2D eigenvalue weighted by atomic mass is 35.5. The molecule has 2 atom stereocenters. The van der Waals surface area contributed by atoms with Crippen LogP contribution in [0.2, 0.25) is 5.02 Å². The maximum atomic E-state index is 12.2. The van der Waals surface area contributed by atoms with E-state index in [1.807, 2.05) is 19.1 Å². The molecule has 0 bridgehead atoms. The summed E-state index contributed by atoms with van der Waals surface area (Å²) in [5.74, 6) is -0.318. The Hall–Kier alpha value is -1.63. The first-order valence-electron chi connectivity index (χ1n) is 7.50. The van der Waals surface area contributed by atoms with E-state index in [1.165, 1.54) is 0 Å². The molecule has 23 heavy (non-hydrogen) atoms. The van der Waals surface area contributed by atoms with E-state index in [0.29, 0.717) is 18.1 Å². The molecule has 1 aliphatic heterocycles. The molecule has 1 fully saturated rings. The molecule has 1 aromatic rings. The van der Waals surface area contributed by atoms with Gasteiger partial charge in [0.25, 0.3) is 5.91 Å². The molecule has 0 saturated carbocycles. The van der Waals surface area contributed by atoms with E-state index in [2.05, 4.69) is 5.32 Å². The van der Waals surface area contributed by atoms with Crippen LogP contribution in [0.5, 0.6) is 0 Å². The van der Waals surface area contributed by atoms with Gasteiger partial charge in [-0.1, -0.05) is 30.7 Å². The highest BCUT2D eigenvalue weighted by molar-refractivity contribution is 6.30. The first kappa shape index (κ1) is 17.7. The van der Waals surface area contributed by atoms with Crippen LogP contribution in [-0.4, -0.2) is 46.7 Å². The van der Waals surface area contributed by atoms with Crippen LogP contribution in [0, 0.1) is 0 Å². The molecular formula is C16H21ClN2O4. The van der Waals surface area contributed by atoms with Crippen LogP contribution >= 0.6 is 11.6 Å². The van der Waals surface area contributed by atoms with E-state index in [-0.39, 0.29) is 19.1 Å². The van der Waals surface area contributed by atoms with Gasteiger partial charge in [0.2, 0.25) is 0 Å². The fourth-order valence-corrected chi connectivity index (χ4v) is 2.44. The average Bonchev–Trinajstić information content (AvgIpc) is 2.73. The van der Waals surface area contributed by atoms with E-state index in [4.69, 9.17) is 16.3 Å². The standard InChI is InChI=1S/C16H21ClN2O4/c1-3-16(2)14(21)19(15(22)18-16)8-13(20)10-23-9-11-4-6-12(17)7-5-11/h4-7,13,20H,3,8-10H2,1-2H3,(H,18,22)/t13-,16-/m0/s1. The Balaban J connectivity index is 1.80. The first-order valence-corrected chi connectivity index (χ1v) is 7.88. The lowest BCUT2D eigenvalue weighted by molar-refractivity contribution is -0.132. The molecule has 7 heteroatoms. The number of imide groups is 1. The number of hydrogen-bond donors (Lipinski definition) is 2. The number of β-amino-alcohol motifs (C(OH)–C–C–N with tert-alkyl or cyclic N) is 1. The van der Waals surface area contributed by atoms with E-state index in [1.54, 1.807) is 19.1 Å². The summed E-state index contributed by atoms with van der Waals surface area (Å²) in [6.07, 6.45) is -0.437. The van der Waals surface area contributed by atoms with Crippen LogP contribution in [0.15, 0.2) is 24.3 Å². The van der Waals surface area contributed by atoms with Gasteiger partial charge in [0.1, 0.15) is 5.54 Å². The molecule has 1 saturated heterocycles. The molecule has 1 heterocycles. The number of benzene rings is 1. The zero-order chi connectivity index (χ0) is 17.0. The number of halogens is 1. The number of amides is 3. The van der Waals surface area contributed by atoms with Gasteiger partial charge in [-0.3, -0.25) is 9.69 Å². The van der Waals surface area contributed by atoms with Crippen molar-refractivity contribution < 1.29 is 19.4 Å². The van der Waals surface area contributed by atoms with Crippen molar-refractivity contribution in [2.24, 2.45) is 0 Å². The maximum absolute atomic E-state index is 12.2. The van der Waals surface area contributed by atoms with Gasteiger partial charge in [-0.15, -0.1) is 0 Å². The minimum atomic E-state index is -0.934. The second kappa shape index (κ2) is 7.29. The summed E-state index contributed by atoms with van der Waals surface area (Å²) in [6.45, 7) is 3.77. The number of aliphatic hydroxyl groups is 1. The molecule has 2 N–H and O–H groups in total. The van der Waals surface area contributed by atoms with Crippen molar-refractivity contribution in [3.05, 3.63) is 34.9 Å². The van der Waals surface area contributed by atoms with Gasteiger partial charge in [0, 0.05) is 5.02 Å². The zero-order valence-electron chi connectivity index (χ0n) is 13.2. The molecule has 126 valence electrons. The minimum absolute atomic E-state index is 0.0303. The number of ether oxygens (including phenoxy) is 1. The summed E-state index contributed by atoms with van der Waals surface area (Å²) in [7, 11) is 0. The van der Waals surface area contributed by atoms with E-state index < -0.39 is 17.7 Å². The van der Waals surface area contributed by atoms with Crippen molar-refractivity contribution in [2.75, 3.05) is 13.2 Å². The van der Waals surface area contributed by atoms with Crippen molar-refractivity contribution in [2.45, 2.75) is 38.5 Å². The molecule has 3 amide bonds. The highest BCUT2D eigenvalue weighted by Gasteiger charge is 2.46. The SMILES string of the molecule is CC[C@]1(C)NC(=O)N(C[C@H](O)COCc2ccc(Cl)cc2)C1=O. The third-order valence-electron chi connectivity index (χ3n) is 3.94. The second-order valence-electron chi connectivity index (χ2n) is 5.83. The van der Waals surface area contributed by atoms with Gasteiger partial charge in [0.15, 0.2) is 0 Å². The number of nitrogens with zero attached hydrogens (tertiary/aromatic N) is 1. The van der Waals surface area contributed by atoms with Crippen LogP contribution < -0.4 is 5.32 Å². The van der Waals surface area contributed by atoms with Crippen molar-refractivity contribution in [1.29, 1.82) is 0 Å². The van der Waals surface area contributed by atoms with Crippen molar-refractivity contribution in [3.8, 4) is 0 Å². The molecule has 1 aromatic carbocycles. The Morgan fingerprint density at radius 3 is 2.57 bits per heavy atom. The van der Waals surface area contributed by atoms with Gasteiger partial charge in [-0.2, -0.15) is 0 Å². The van der Waals surface area contributed by atoms with E-state index >= 15 is 0 Å². The fraction of sp³-hybridized carbons (Fsp3) is 0.500. The van der Waals surface area contributed by atoms with Crippen LogP contribution in [0.1, 0.15) is 25.8 Å². The van der Waals surface area contributed by atoms with Gasteiger partial charge < -0.3 is 15.2 Å². The zero-order valence-corrected chi connectivity index (χ0v) is 14.0. The molecule has 0 aliphatic carbocycles. The van der Waals surface area contributed by atoms with Gasteiger partial charge in [-0.25, -0.2) is 4.79 Å². The monoisotopic (exact) mass is 340 g/mol. The predicted octanol–water partition coefficient (Wildman–Crippen LogP) is 1.94. The second-order valence-corrected chi connectivity index (χ2v) is 6.26. The van der Waals surface area contributed by atoms with Crippen LogP contribution in [0.4, 0.5) is 4.79 Å². The number of hydrogen-bond acceptors (Lipinski definition) is 4. The Morgan fingerprint density at radius 2 is 2.00 bits per heavy atom. The summed E-state index contributed by atoms with van der Waals surface area (Å²) in [5, 5.41) is 13.3. The Morgan fingerprint density at radius 1 is 1.35 bits per heavy atom. The lowest BCUT2D eigenvalue weighted by atomic mass is 9.99. The number of carbonyl (C=O) groups excluding carboxylic acids is 2.